The van der Waals surface area contributed by atoms with Crippen molar-refractivity contribution in [3.8, 4) is 0 Å². The number of hydrogen-bond donors (Lipinski definition) is 2. The van der Waals surface area contributed by atoms with Gasteiger partial charge in [0.25, 0.3) is 0 Å². The van der Waals surface area contributed by atoms with Crippen LogP contribution in [0.3, 0.4) is 0 Å². The summed E-state index contributed by atoms with van der Waals surface area (Å²) in [6, 6.07) is 28.7. The quantitative estimate of drug-likeness (QED) is 0.476. The van der Waals surface area contributed by atoms with E-state index in [1.807, 2.05) is 97.1 Å². The minimum Gasteiger partial charge on any atom is -0.480 e. The lowest BCUT2D eigenvalue weighted by Gasteiger charge is -2.30. The fourth-order valence-electron chi connectivity index (χ4n) is 3.56. The Morgan fingerprint density at radius 2 is 1.48 bits per heavy atom. The summed E-state index contributed by atoms with van der Waals surface area (Å²) in [7, 11) is 0. The summed E-state index contributed by atoms with van der Waals surface area (Å²) >= 11 is 0. The van der Waals surface area contributed by atoms with E-state index in [0.717, 1.165) is 22.8 Å². The van der Waals surface area contributed by atoms with Crippen LogP contribution in [0.1, 0.15) is 22.8 Å². The highest BCUT2D eigenvalue weighted by molar-refractivity contribution is 5.86. The Bertz CT molecular complexity index is 1260. The smallest absolute Gasteiger partial charge is 0.354 e. The second-order valence-corrected chi connectivity index (χ2v) is 7.46. The van der Waals surface area contributed by atoms with Gasteiger partial charge in [-0.3, -0.25) is 0 Å². The molecule has 5 heteroatoms. The minimum absolute atomic E-state index is 0.472. The molecule has 3 aromatic rings. The molecule has 0 aliphatic carbocycles. The van der Waals surface area contributed by atoms with E-state index in [2.05, 4.69) is 0 Å². The number of carboxylic acids is 1. The van der Waals surface area contributed by atoms with E-state index in [0.29, 0.717) is 16.9 Å². The summed E-state index contributed by atoms with van der Waals surface area (Å²) in [4.78, 5) is 11.2. The molecule has 0 aromatic heterocycles. The summed E-state index contributed by atoms with van der Waals surface area (Å²) in [5, 5.41) is 9.14. The molecule has 164 valence electrons. The fourth-order valence-corrected chi connectivity index (χ4v) is 3.56. The van der Waals surface area contributed by atoms with Gasteiger partial charge in [0.2, 0.25) is 0 Å². The molecule has 1 atom stereocenters. The third kappa shape index (κ3) is 5.10. The average molecular weight is 439 g/mol. The van der Waals surface area contributed by atoms with Crippen molar-refractivity contribution in [3.05, 3.63) is 143 Å². The SMILES string of the molecule is NC(C(=O)O)=C(F)C=C1C=C(c2ccccc2)OC(c2ccccc2)C1=Cc1ccccc1. The van der Waals surface area contributed by atoms with Crippen molar-refractivity contribution in [1.29, 1.82) is 0 Å². The Morgan fingerprint density at radius 1 is 0.909 bits per heavy atom. The van der Waals surface area contributed by atoms with Crippen molar-refractivity contribution in [1.82, 2.24) is 0 Å². The molecule has 3 aromatic carbocycles. The molecule has 3 N–H and O–H groups in total. The molecule has 0 amide bonds. The number of nitrogens with two attached hydrogens (primary N) is 1. The highest BCUT2D eigenvalue weighted by Crippen LogP contribution is 2.42. The van der Waals surface area contributed by atoms with Crippen molar-refractivity contribution in [3.63, 3.8) is 0 Å². The predicted molar refractivity (Wildman–Crippen MR) is 127 cm³/mol. The minimum atomic E-state index is -1.52. The Morgan fingerprint density at radius 3 is 2.09 bits per heavy atom. The number of rotatable bonds is 5. The molecule has 1 unspecified atom stereocenters. The average Bonchev–Trinajstić information content (AvgIpc) is 2.86. The molecule has 0 radical (unpaired) electrons. The van der Waals surface area contributed by atoms with E-state index >= 15 is 0 Å². The van der Waals surface area contributed by atoms with Crippen LogP contribution >= 0.6 is 0 Å². The first-order valence-electron chi connectivity index (χ1n) is 10.4. The van der Waals surface area contributed by atoms with Gasteiger partial charge in [0.05, 0.1) is 0 Å². The predicted octanol–water partition coefficient (Wildman–Crippen LogP) is 6.03. The van der Waals surface area contributed by atoms with Crippen molar-refractivity contribution in [2.24, 2.45) is 5.73 Å². The number of ether oxygens (including phenoxy) is 1. The first kappa shape index (κ1) is 21.8. The highest BCUT2D eigenvalue weighted by Gasteiger charge is 2.28. The van der Waals surface area contributed by atoms with Crippen molar-refractivity contribution < 1.29 is 19.0 Å². The van der Waals surface area contributed by atoms with Crippen LogP contribution in [0.2, 0.25) is 0 Å². The number of hydrogen-bond acceptors (Lipinski definition) is 3. The van der Waals surface area contributed by atoms with E-state index in [-0.39, 0.29) is 0 Å². The molecule has 0 spiro atoms. The summed E-state index contributed by atoms with van der Waals surface area (Å²) in [6.45, 7) is 0. The summed E-state index contributed by atoms with van der Waals surface area (Å²) in [5.41, 5.74) is 8.35. The number of aliphatic carboxylic acids is 1. The standard InChI is InChI=1S/C28H22FNO3/c29-24(26(30)28(31)32)17-22-18-25(20-12-6-2-7-13-20)33-27(21-14-8-3-9-15-21)23(22)16-19-10-4-1-5-11-19/h1-18,27H,30H2,(H,31,32). The fraction of sp³-hybridized carbons (Fsp3) is 0.0357. The van der Waals surface area contributed by atoms with Gasteiger partial charge in [-0.1, -0.05) is 91.0 Å². The third-order valence-electron chi connectivity index (χ3n) is 5.20. The Kier molecular flexibility index (Phi) is 6.51. The number of carbonyl (C=O) groups is 1. The summed E-state index contributed by atoms with van der Waals surface area (Å²) < 4.78 is 21.2. The van der Waals surface area contributed by atoms with Crippen LogP contribution in [0.15, 0.2) is 126 Å². The van der Waals surface area contributed by atoms with Crippen molar-refractivity contribution in [2.75, 3.05) is 0 Å². The summed E-state index contributed by atoms with van der Waals surface area (Å²) in [5.74, 6) is -1.99. The first-order valence-corrected chi connectivity index (χ1v) is 10.4. The van der Waals surface area contributed by atoms with Crippen LogP contribution in [-0.4, -0.2) is 11.1 Å². The zero-order valence-electron chi connectivity index (χ0n) is 17.7. The first-order chi connectivity index (χ1) is 16.0. The summed E-state index contributed by atoms with van der Waals surface area (Å²) in [6.07, 6.45) is 4.22. The molecule has 1 aliphatic heterocycles. The van der Waals surface area contributed by atoms with Crippen LogP contribution in [0, 0.1) is 0 Å². The highest BCUT2D eigenvalue weighted by atomic mass is 19.1. The molecule has 0 bridgehead atoms. The Hall–Kier alpha value is -4.38. The maximum Gasteiger partial charge on any atom is 0.354 e. The maximum atomic E-state index is 14.8. The van der Waals surface area contributed by atoms with Crippen LogP contribution in [0.5, 0.6) is 0 Å². The number of benzene rings is 3. The van der Waals surface area contributed by atoms with Crippen molar-refractivity contribution >= 4 is 17.8 Å². The second kappa shape index (κ2) is 9.83. The Balaban J connectivity index is 1.95. The van der Waals surface area contributed by atoms with Gasteiger partial charge in [0.15, 0.2) is 11.5 Å². The van der Waals surface area contributed by atoms with Gasteiger partial charge in [0, 0.05) is 11.1 Å². The molecule has 1 heterocycles. The monoisotopic (exact) mass is 439 g/mol. The lowest BCUT2D eigenvalue weighted by molar-refractivity contribution is -0.132. The van der Waals surface area contributed by atoms with Gasteiger partial charge < -0.3 is 15.6 Å². The van der Waals surface area contributed by atoms with E-state index < -0.39 is 23.6 Å². The zero-order chi connectivity index (χ0) is 23.2. The molecule has 4 nitrogen and oxygen atoms in total. The lowest BCUT2D eigenvalue weighted by atomic mass is 9.89. The van der Waals surface area contributed by atoms with Gasteiger partial charge in [-0.15, -0.1) is 0 Å². The van der Waals surface area contributed by atoms with Crippen LogP contribution < -0.4 is 5.73 Å². The number of allylic oxidation sites excluding steroid dienone is 3. The molecular formula is C28H22FNO3. The van der Waals surface area contributed by atoms with Crippen LogP contribution in [0.4, 0.5) is 4.39 Å². The lowest BCUT2D eigenvalue weighted by Crippen LogP contribution is -2.15. The molecule has 4 rings (SSSR count). The molecule has 0 saturated heterocycles. The van der Waals surface area contributed by atoms with Gasteiger partial charge in [0.1, 0.15) is 11.9 Å². The van der Waals surface area contributed by atoms with Gasteiger partial charge >= 0.3 is 5.97 Å². The molecular weight excluding hydrogens is 417 g/mol. The number of carboxylic acid groups (broad SMARTS) is 1. The maximum absolute atomic E-state index is 14.8. The Labute approximate surface area is 191 Å². The third-order valence-corrected chi connectivity index (χ3v) is 5.20. The molecule has 1 aliphatic rings. The van der Waals surface area contributed by atoms with E-state index in [4.69, 9.17) is 15.6 Å². The van der Waals surface area contributed by atoms with Crippen molar-refractivity contribution in [2.45, 2.75) is 6.10 Å². The second-order valence-electron chi connectivity index (χ2n) is 7.46. The molecule has 33 heavy (non-hydrogen) atoms. The topological polar surface area (TPSA) is 72.6 Å². The van der Waals surface area contributed by atoms with Gasteiger partial charge in [-0.25, -0.2) is 9.18 Å². The van der Waals surface area contributed by atoms with E-state index in [1.54, 1.807) is 6.08 Å². The molecule has 0 fully saturated rings. The molecule has 0 saturated carbocycles. The van der Waals surface area contributed by atoms with Gasteiger partial charge in [-0.05, 0) is 34.9 Å². The number of halogens is 1. The van der Waals surface area contributed by atoms with Crippen LogP contribution in [0.25, 0.3) is 11.8 Å². The normalized spacial score (nSPS) is 18.9. The zero-order valence-corrected chi connectivity index (χ0v) is 17.7. The van der Waals surface area contributed by atoms with Crippen LogP contribution in [-0.2, 0) is 9.53 Å². The van der Waals surface area contributed by atoms with E-state index in [1.165, 1.54) is 0 Å². The van der Waals surface area contributed by atoms with E-state index in [9.17, 15) is 9.18 Å². The van der Waals surface area contributed by atoms with Gasteiger partial charge in [-0.2, -0.15) is 0 Å². The largest absolute Gasteiger partial charge is 0.480 e.